The topological polar surface area (TPSA) is 44.9 Å². The van der Waals surface area contributed by atoms with Crippen molar-refractivity contribution >= 4 is 23.2 Å². The van der Waals surface area contributed by atoms with Gasteiger partial charge >= 0.3 is 0 Å². The van der Waals surface area contributed by atoms with Crippen molar-refractivity contribution in [1.29, 1.82) is 0 Å². The van der Waals surface area contributed by atoms with Gasteiger partial charge in [0.15, 0.2) is 0 Å². The average Bonchev–Trinajstić information content (AvgIpc) is 2.83. The zero-order chi connectivity index (χ0) is 13.6. The monoisotopic (exact) mass is 252 g/mol. The summed E-state index contributed by atoms with van der Waals surface area (Å²) in [6.07, 6.45) is 1.94. The normalized spacial score (nSPS) is 15.7. The van der Waals surface area contributed by atoms with Gasteiger partial charge in [-0.2, -0.15) is 0 Å². The number of nitrogens with one attached hydrogen (secondary N) is 2. The molecule has 2 heterocycles. The minimum absolute atomic E-state index is 0.0366. The van der Waals surface area contributed by atoms with E-state index in [-0.39, 0.29) is 5.91 Å². The Balaban J connectivity index is 2.14. The molecule has 2 N–H and O–H groups in total. The van der Waals surface area contributed by atoms with Crippen LogP contribution in [0.1, 0.15) is 28.1 Å². The molecule has 2 aromatic rings. The molecule has 0 unspecified atom stereocenters. The smallest absolute Gasteiger partial charge is 0.256 e. The molecule has 0 bridgehead atoms. The fraction of sp³-hybridized carbons (Fsp3) is 0.188. The Morgan fingerprint density at radius 1 is 1.05 bits per heavy atom. The third-order valence-corrected chi connectivity index (χ3v) is 3.85. The van der Waals surface area contributed by atoms with E-state index in [1.165, 1.54) is 11.1 Å². The molecule has 1 aromatic heterocycles. The Kier molecular flexibility index (Phi) is 2.56. The highest BCUT2D eigenvalue weighted by Gasteiger charge is 2.23. The zero-order valence-electron chi connectivity index (χ0n) is 11.3. The Morgan fingerprint density at radius 2 is 1.79 bits per heavy atom. The highest BCUT2D eigenvalue weighted by molar-refractivity contribution is 6.34. The number of carbonyl (C=O) groups is 1. The van der Waals surface area contributed by atoms with Crippen LogP contribution in [0, 0.1) is 20.8 Å². The lowest BCUT2D eigenvalue weighted by Crippen LogP contribution is -2.03. The summed E-state index contributed by atoms with van der Waals surface area (Å²) in [7, 11) is 0. The van der Waals surface area contributed by atoms with Gasteiger partial charge in [-0.05, 0) is 44.0 Å². The van der Waals surface area contributed by atoms with Crippen molar-refractivity contribution in [2.45, 2.75) is 20.8 Å². The number of hydrogen-bond acceptors (Lipinski definition) is 1. The first kappa shape index (κ1) is 11.8. The number of benzene rings is 1. The summed E-state index contributed by atoms with van der Waals surface area (Å²) in [6.45, 7) is 6.21. The van der Waals surface area contributed by atoms with Crippen LogP contribution in [0.3, 0.4) is 0 Å². The number of H-pyrrole nitrogens is 1. The minimum atomic E-state index is -0.0366. The van der Waals surface area contributed by atoms with E-state index < -0.39 is 0 Å². The van der Waals surface area contributed by atoms with E-state index in [4.69, 9.17) is 0 Å². The van der Waals surface area contributed by atoms with Crippen LogP contribution in [0.4, 0.5) is 5.69 Å². The molecule has 1 amide bonds. The van der Waals surface area contributed by atoms with Crippen molar-refractivity contribution < 1.29 is 4.79 Å². The molecule has 3 heteroatoms. The number of aromatic nitrogens is 1. The van der Waals surface area contributed by atoms with Crippen LogP contribution in [0.25, 0.3) is 11.6 Å². The third-order valence-electron chi connectivity index (χ3n) is 3.85. The van der Waals surface area contributed by atoms with E-state index in [9.17, 15) is 4.79 Å². The quantitative estimate of drug-likeness (QED) is 0.750. The van der Waals surface area contributed by atoms with Gasteiger partial charge in [-0.3, -0.25) is 4.79 Å². The molecule has 3 nitrogen and oxygen atoms in total. The Labute approximate surface area is 112 Å². The maximum absolute atomic E-state index is 12.0. The van der Waals surface area contributed by atoms with E-state index in [1.54, 1.807) is 0 Å². The lowest BCUT2D eigenvalue weighted by molar-refractivity contribution is -0.110. The molecule has 96 valence electrons. The molecule has 0 radical (unpaired) electrons. The maximum atomic E-state index is 12.0. The van der Waals surface area contributed by atoms with E-state index in [1.807, 2.05) is 37.3 Å². The fourth-order valence-electron chi connectivity index (χ4n) is 2.44. The SMILES string of the molecule is Cc1[nH]c(/C=C2\C(=O)Nc3ccccc32)c(C)c1C. The van der Waals surface area contributed by atoms with E-state index in [2.05, 4.69) is 24.1 Å². The average molecular weight is 252 g/mol. The van der Waals surface area contributed by atoms with Crippen LogP contribution in [-0.2, 0) is 4.79 Å². The Bertz CT molecular complexity index is 708. The molecule has 19 heavy (non-hydrogen) atoms. The number of anilines is 1. The number of rotatable bonds is 1. The largest absolute Gasteiger partial charge is 0.359 e. The van der Waals surface area contributed by atoms with Gasteiger partial charge < -0.3 is 10.3 Å². The zero-order valence-corrected chi connectivity index (χ0v) is 11.3. The standard InChI is InChI=1S/C16H16N2O/c1-9-10(2)15(17-11(9)3)8-13-12-6-4-5-7-14(12)18-16(13)19/h4-8,17H,1-3H3,(H,18,19)/b13-8-. The molecule has 0 atom stereocenters. The van der Waals surface area contributed by atoms with Crippen molar-refractivity contribution in [1.82, 2.24) is 4.98 Å². The molecule has 3 rings (SSSR count). The van der Waals surface area contributed by atoms with Gasteiger partial charge in [0.25, 0.3) is 5.91 Å². The second-order valence-electron chi connectivity index (χ2n) is 4.97. The fourth-order valence-corrected chi connectivity index (χ4v) is 2.44. The summed E-state index contributed by atoms with van der Waals surface area (Å²) in [5.41, 5.74) is 7.18. The van der Waals surface area contributed by atoms with E-state index in [0.717, 1.165) is 28.2 Å². The molecule has 0 fully saturated rings. The van der Waals surface area contributed by atoms with Gasteiger partial charge in [-0.1, -0.05) is 18.2 Å². The first-order valence-corrected chi connectivity index (χ1v) is 6.36. The summed E-state index contributed by atoms with van der Waals surface area (Å²) in [5.74, 6) is -0.0366. The second-order valence-corrected chi connectivity index (χ2v) is 4.97. The summed E-state index contributed by atoms with van der Waals surface area (Å²) in [4.78, 5) is 15.4. The predicted molar refractivity (Wildman–Crippen MR) is 77.9 cm³/mol. The summed E-state index contributed by atoms with van der Waals surface area (Å²) < 4.78 is 0. The van der Waals surface area contributed by atoms with Gasteiger partial charge in [0, 0.05) is 22.6 Å². The highest BCUT2D eigenvalue weighted by atomic mass is 16.2. The van der Waals surface area contributed by atoms with Gasteiger partial charge in [-0.15, -0.1) is 0 Å². The third kappa shape index (κ3) is 1.78. The van der Waals surface area contributed by atoms with E-state index >= 15 is 0 Å². The van der Waals surface area contributed by atoms with Crippen LogP contribution in [0.15, 0.2) is 24.3 Å². The molecule has 0 saturated heterocycles. The molecule has 1 aliphatic heterocycles. The molecule has 0 aliphatic carbocycles. The van der Waals surface area contributed by atoms with Gasteiger partial charge in [0.1, 0.15) is 0 Å². The minimum Gasteiger partial charge on any atom is -0.359 e. The van der Waals surface area contributed by atoms with Crippen LogP contribution >= 0.6 is 0 Å². The van der Waals surface area contributed by atoms with Crippen molar-refractivity contribution in [3.05, 3.63) is 52.3 Å². The summed E-state index contributed by atoms with van der Waals surface area (Å²) in [5, 5.41) is 2.89. The van der Waals surface area contributed by atoms with Gasteiger partial charge in [-0.25, -0.2) is 0 Å². The number of aryl methyl sites for hydroxylation is 1. The number of fused-ring (bicyclic) bond motifs is 1. The molecule has 1 aromatic carbocycles. The number of hydrogen-bond donors (Lipinski definition) is 2. The number of para-hydroxylation sites is 1. The Morgan fingerprint density at radius 3 is 2.47 bits per heavy atom. The summed E-state index contributed by atoms with van der Waals surface area (Å²) in [6, 6.07) is 7.77. The first-order valence-electron chi connectivity index (χ1n) is 6.36. The predicted octanol–water partition coefficient (Wildman–Crippen LogP) is 3.43. The van der Waals surface area contributed by atoms with E-state index in [0.29, 0.717) is 0 Å². The van der Waals surface area contributed by atoms with Crippen molar-refractivity contribution in [3.8, 4) is 0 Å². The van der Waals surface area contributed by atoms with Gasteiger partial charge in [0.2, 0.25) is 0 Å². The van der Waals surface area contributed by atoms with Crippen LogP contribution in [0.2, 0.25) is 0 Å². The molecule has 1 aliphatic rings. The lowest BCUT2D eigenvalue weighted by atomic mass is 10.0. The molecular formula is C16H16N2O. The number of aromatic amines is 1. The molecule has 0 spiro atoms. The second kappa shape index (κ2) is 4.12. The van der Waals surface area contributed by atoms with Crippen molar-refractivity contribution in [2.24, 2.45) is 0 Å². The van der Waals surface area contributed by atoms with Crippen LogP contribution in [-0.4, -0.2) is 10.9 Å². The number of carbonyl (C=O) groups excluding carboxylic acids is 1. The lowest BCUT2D eigenvalue weighted by Gasteiger charge is -1.98. The van der Waals surface area contributed by atoms with Crippen molar-refractivity contribution in [2.75, 3.05) is 5.32 Å². The summed E-state index contributed by atoms with van der Waals surface area (Å²) >= 11 is 0. The number of amides is 1. The van der Waals surface area contributed by atoms with Gasteiger partial charge in [0.05, 0.1) is 5.57 Å². The van der Waals surface area contributed by atoms with Crippen LogP contribution < -0.4 is 5.32 Å². The maximum Gasteiger partial charge on any atom is 0.256 e. The Hall–Kier alpha value is -2.29. The molecule has 0 saturated carbocycles. The highest BCUT2D eigenvalue weighted by Crippen LogP contribution is 2.33. The molecular weight excluding hydrogens is 236 g/mol. The first-order chi connectivity index (χ1) is 9.08. The van der Waals surface area contributed by atoms with Crippen LogP contribution in [0.5, 0.6) is 0 Å². The van der Waals surface area contributed by atoms with Crippen molar-refractivity contribution in [3.63, 3.8) is 0 Å².